The van der Waals surface area contributed by atoms with E-state index in [2.05, 4.69) is 28.4 Å². The molecule has 2 heterocycles. The van der Waals surface area contributed by atoms with Crippen molar-refractivity contribution >= 4 is 11.7 Å². The van der Waals surface area contributed by atoms with Crippen molar-refractivity contribution in [3.8, 4) is 0 Å². The smallest absolute Gasteiger partial charge is 0.321 e. The SMILES string of the molecule is CCc1cccc(NC(=O)N2CCC(OCCc3noc(COC)n3)CC2)c1. The maximum absolute atomic E-state index is 12.5. The molecule has 2 amide bonds. The Balaban J connectivity index is 1.37. The quantitative estimate of drug-likeness (QED) is 0.748. The normalized spacial score (nSPS) is 15.0. The van der Waals surface area contributed by atoms with Crippen molar-refractivity contribution in [2.24, 2.45) is 0 Å². The Morgan fingerprint density at radius 1 is 1.36 bits per heavy atom. The average molecular weight is 388 g/mol. The number of piperidine rings is 1. The molecule has 1 saturated heterocycles. The summed E-state index contributed by atoms with van der Waals surface area (Å²) in [4.78, 5) is 18.5. The molecule has 3 rings (SSSR count). The van der Waals surface area contributed by atoms with Gasteiger partial charge in [-0.2, -0.15) is 4.98 Å². The molecule has 1 fully saturated rings. The van der Waals surface area contributed by atoms with Gasteiger partial charge in [-0.25, -0.2) is 4.79 Å². The topological polar surface area (TPSA) is 89.7 Å². The second-order valence-electron chi connectivity index (χ2n) is 6.83. The Morgan fingerprint density at radius 2 is 2.18 bits per heavy atom. The second kappa shape index (κ2) is 10.2. The fraction of sp³-hybridized carbons (Fsp3) is 0.550. The van der Waals surface area contributed by atoms with E-state index < -0.39 is 0 Å². The predicted octanol–water partition coefficient (Wildman–Crippen LogP) is 3.03. The predicted molar refractivity (Wildman–Crippen MR) is 104 cm³/mol. The van der Waals surface area contributed by atoms with E-state index in [0.29, 0.717) is 44.4 Å². The number of ether oxygens (including phenoxy) is 2. The number of hydrogen-bond donors (Lipinski definition) is 1. The number of urea groups is 1. The van der Waals surface area contributed by atoms with Gasteiger partial charge in [-0.05, 0) is 37.0 Å². The Morgan fingerprint density at radius 3 is 2.93 bits per heavy atom. The molecule has 1 aromatic carbocycles. The Labute approximate surface area is 165 Å². The van der Waals surface area contributed by atoms with Gasteiger partial charge in [-0.3, -0.25) is 0 Å². The summed E-state index contributed by atoms with van der Waals surface area (Å²) < 4.78 is 15.9. The summed E-state index contributed by atoms with van der Waals surface area (Å²) >= 11 is 0. The first-order valence-electron chi connectivity index (χ1n) is 9.74. The lowest BCUT2D eigenvalue weighted by Gasteiger charge is -2.32. The lowest BCUT2D eigenvalue weighted by atomic mass is 10.1. The van der Waals surface area contributed by atoms with Crippen molar-refractivity contribution in [2.75, 3.05) is 32.1 Å². The molecule has 1 aliphatic rings. The van der Waals surface area contributed by atoms with E-state index in [1.807, 2.05) is 23.1 Å². The van der Waals surface area contributed by atoms with E-state index in [9.17, 15) is 4.79 Å². The Kier molecular flexibility index (Phi) is 7.39. The molecule has 28 heavy (non-hydrogen) atoms. The number of anilines is 1. The minimum absolute atomic E-state index is 0.0517. The fourth-order valence-electron chi connectivity index (χ4n) is 3.19. The van der Waals surface area contributed by atoms with Crippen LogP contribution in [0.4, 0.5) is 10.5 Å². The molecular formula is C20H28N4O4. The molecule has 1 aromatic heterocycles. The van der Waals surface area contributed by atoms with Gasteiger partial charge < -0.3 is 24.2 Å². The summed E-state index contributed by atoms with van der Waals surface area (Å²) in [6.45, 7) is 4.32. The molecule has 8 nitrogen and oxygen atoms in total. The van der Waals surface area contributed by atoms with Crippen molar-refractivity contribution < 1.29 is 18.8 Å². The number of aromatic nitrogens is 2. The second-order valence-corrected chi connectivity index (χ2v) is 6.83. The molecule has 1 N–H and O–H groups in total. The van der Waals surface area contributed by atoms with Crippen LogP contribution < -0.4 is 5.32 Å². The monoisotopic (exact) mass is 388 g/mol. The molecule has 0 spiro atoms. The molecule has 0 atom stereocenters. The third-order valence-electron chi connectivity index (χ3n) is 4.77. The summed E-state index contributed by atoms with van der Waals surface area (Å²) in [7, 11) is 1.59. The molecule has 2 aromatic rings. The highest BCUT2D eigenvalue weighted by Gasteiger charge is 2.23. The van der Waals surface area contributed by atoms with E-state index in [1.165, 1.54) is 5.56 Å². The molecule has 1 aliphatic heterocycles. The van der Waals surface area contributed by atoms with Crippen LogP contribution in [0.1, 0.15) is 37.0 Å². The highest BCUT2D eigenvalue weighted by Crippen LogP contribution is 2.17. The number of carbonyl (C=O) groups is 1. The summed E-state index contributed by atoms with van der Waals surface area (Å²) in [5.41, 5.74) is 2.05. The summed E-state index contributed by atoms with van der Waals surface area (Å²) in [5, 5.41) is 6.89. The lowest BCUT2D eigenvalue weighted by Crippen LogP contribution is -2.43. The van der Waals surface area contributed by atoms with Crippen molar-refractivity contribution in [2.45, 2.75) is 45.3 Å². The van der Waals surface area contributed by atoms with Gasteiger partial charge in [0, 0.05) is 32.3 Å². The number of benzene rings is 1. The Hall–Kier alpha value is -2.45. The molecule has 0 saturated carbocycles. The van der Waals surface area contributed by atoms with Crippen LogP contribution in [0.15, 0.2) is 28.8 Å². The van der Waals surface area contributed by atoms with E-state index in [-0.39, 0.29) is 12.1 Å². The zero-order chi connectivity index (χ0) is 19.8. The lowest BCUT2D eigenvalue weighted by molar-refractivity contribution is 0.0168. The third-order valence-corrected chi connectivity index (χ3v) is 4.77. The van der Waals surface area contributed by atoms with E-state index in [0.717, 1.165) is 24.9 Å². The van der Waals surface area contributed by atoms with Gasteiger partial charge in [0.25, 0.3) is 5.89 Å². The van der Waals surface area contributed by atoms with Gasteiger partial charge >= 0.3 is 6.03 Å². The van der Waals surface area contributed by atoms with Gasteiger partial charge in [0.1, 0.15) is 6.61 Å². The highest BCUT2D eigenvalue weighted by molar-refractivity contribution is 5.89. The number of aryl methyl sites for hydroxylation is 1. The van der Waals surface area contributed by atoms with E-state index >= 15 is 0 Å². The third kappa shape index (κ3) is 5.77. The van der Waals surface area contributed by atoms with Crippen LogP contribution in [0.2, 0.25) is 0 Å². The molecule has 0 bridgehead atoms. The van der Waals surface area contributed by atoms with Crippen LogP contribution >= 0.6 is 0 Å². The van der Waals surface area contributed by atoms with Gasteiger partial charge in [-0.15, -0.1) is 0 Å². The van der Waals surface area contributed by atoms with Crippen molar-refractivity contribution in [3.63, 3.8) is 0 Å². The van der Waals surface area contributed by atoms with Crippen LogP contribution in [0.25, 0.3) is 0 Å². The van der Waals surface area contributed by atoms with Crippen LogP contribution in [-0.4, -0.2) is 54.0 Å². The first-order valence-corrected chi connectivity index (χ1v) is 9.74. The van der Waals surface area contributed by atoms with Gasteiger partial charge in [-0.1, -0.05) is 24.2 Å². The van der Waals surface area contributed by atoms with Crippen LogP contribution in [0.5, 0.6) is 0 Å². The first kappa shape index (κ1) is 20.3. The van der Waals surface area contributed by atoms with Crippen molar-refractivity contribution in [3.05, 3.63) is 41.5 Å². The first-order chi connectivity index (χ1) is 13.7. The molecule has 152 valence electrons. The number of amides is 2. The standard InChI is InChI=1S/C20H28N4O4/c1-3-15-5-4-6-16(13-15)21-20(25)24-10-7-17(8-11-24)27-12-9-18-22-19(14-26-2)28-23-18/h4-6,13,17H,3,7-12,14H2,1-2H3,(H,21,25). The van der Waals surface area contributed by atoms with E-state index in [4.69, 9.17) is 14.0 Å². The maximum atomic E-state index is 12.5. The largest absolute Gasteiger partial charge is 0.378 e. The van der Waals surface area contributed by atoms with Gasteiger partial charge in [0.05, 0.1) is 12.7 Å². The number of likely N-dealkylation sites (tertiary alicyclic amines) is 1. The minimum Gasteiger partial charge on any atom is -0.378 e. The summed E-state index contributed by atoms with van der Waals surface area (Å²) in [6.07, 6.45) is 3.34. The number of hydrogen-bond acceptors (Lipinski definition) is 6. The van der Waals surface area contributed by atoms with Crippen LogP contribution in [0, 0.1) is 0 Å². The maximum Gasteiger partial charge on any atom is 0.321 e. The van der Waals surface area contributed by atoms with Gasteiger partial charge in [0.15, 0.2) is 5.82 Å². The molecule has 8 heteroatoms. The van der Waals surface area contributed by atoms with Crippen LogP contribution in [-0.2, 0) is 28.9 Å². The number of nitrogens with one attached hydrogen (secondary N) is 1. The number of nitrogens with zero attached hydrogens (tertiary/aromatic N) is 3. The molecule has 0 radical (unpaired) electrons. The number of rotatable bonds is 8. The molecular weight excluding hydrogens is 360 g/mol. The molecule has 0 unspecified atom stereocenters. The summed E-state index contributed by atoms with van der Waals surface area (Å²) in [5.74, 6) is 1.10. The zero-order valence-electron chi connectivity index (χ0n) is 16.5. The van der Waals surface area contributed by atoms with Crippen LogP contribution in [0.3, 0.4) is 0 Å². The minimum atomic E-state index is -0.0517. The van der Waals surface area contributed by atoms with Crippen molar-refractivity contribution in [1.82, 2.24) is 15.0 Å². The van der Waals surface area contributed by atoms with Crippen molar-refractivity contribution in [1.29, 1.82) is 0 Å². The average Bonchev–Trinajstić information content (AvgIpc) is 3.16. The number of methoxy groups -OCH3 is 1. The van der Waals surface area contributed by atoms with Gasteiger partial charge in [0.2, 0.25) is 0 Å². The number of carbonyl (C=O) groups excluding carboxylic acids is 1. The zero-order valence-corrected chi connectivity index (χ0v) is 16.5. The highest BCUT2D eigenvalue weighted by atomic mass is 16.5. The fourth-order valence-corrected chi connectivity index (χ4v) is 3.19. The molecule has 0 aliphatic carbocycles. The Bertz CT molecular complexity index is 756. The summed E-state index contributed by atoms with van der Waals surface area (Å²) in [6, 6.07) is 7.92. The van der Waals surface area contributed by atoms with E-state index in [1.54, 1.807) is 7.11 Å².